The van der Waals surface area contributed by atoms with Crippen LogP contribution in [0.4, 0.5) is 10.1 Å². The van der Waals surface area contributed by atoms with Gasteiger partial charge in [-0.3, -0.25) is 14.5 Å². The molecule has 0 unspecified atom stereocenters. The molecule has 32 heavy (non-hydrogen) atoms. The summed E-state index contributed by atoms with van der Waals surface area (Å²) in [5.41, 5.74) is 1.90. The second-order valence-corrected chi connectivity index (χ2v) is 8.68. The molecule has 0 radical (unpaired) electrons. The fourth-order valence-corrected chi connectivity index (χ4v) is 4.11. The highest BCUT2D eigenvalue weighted by Gasteiger charge is 2.30. The Morgan fingerprint density at radius 3 is 2.47 bits per heavy atom. The molecule has 0 N–H and O–H groups in total. The molecule has 2 heterocycles. The zero-order chi connectivity index (χ0) is 22.7. The Kier molecular flexibility index (Phi) is 6.86. The lowest BCUT2D eigenvalue weighted by molar-refractivity contribution is -0.126. The number of halogens is 2. The molecule has 2 aromatic carbocycles. The Labute approximate surface area is 194 Å². The minimum absolute atomic E-state index is 0.125. The molecular weight excluding hydrogens is 479 g/mol. The standard InChI is InChI=1S/C23H24BrFN4O3/c1-32-21-8-2-16(14-19(21)25)15-27-10-12-28(13-11-27)23(31)20-7-9-22(30)29(26-20)18-5-3-17(24)4-6-18/h2-6,8,14H,7,9-13,15H2,1H3. The second-order valence-electron chi connectivity index (χ2n) is 7.77. The van der Waals surface area contributed by atoms with Crippen molar-refractivity contribution in [2.45, 2.75) is 19.4 Å². The van der Waals surface area contributed by atoms with Gasteiger partial charge in [0.25, 0.3) is 5.91 Å². The van der Waals surface area contributed by atoms with E-state index in [1.54, 1.807) is 23.1 Å². The number of hydrazone groups is 1. The number of carbonyl (C=O) groups excluding carboxylic acids is 2. The van der Waals surface area contributed by atoms with Crippen molar-refractivity contribution in [2.24, 2.45) is 5.10 Å². The molecule has 2 aromatic rings. The van der Waals surface area contributed by atoms with Gasteiger partial charge in [-0.05, 0) is 42.0 Å². The lowest BCUT2D eigenvalue weighted by Crippen LogP contribution is -2.51. The van der Waals surface area contributed by atoms with Crippen LogP contribution in [0.3, 0.4) is 0 Å². The highest BCUT2D eigenvalue weighted by Crippen LogP contribution is 2.23. The number of amides is 2. The third-order valence-electron chi connectivity index (χ3n) is 5.63. The normalized spacial score (nSPS) is 17.3. The number of hydrogen-bond acceptors (Lipinski definition) is 5. The van der Waals surface area contributed by atoms with E-state index in [1.165, 1.54) is 18.2 Å². The van der Waals surface area contributed by atoms with Crippen molar-refractivity contribution in [2.75, 3.05) is 38.3 Å². The van der Waals surface area contributed by atoms with Crippen molar-refractivity contribution in [3.8, 4) is 5.75 Å². The van der Waals surface area contributed by atoms with Crippen LogP contribution in [0.2, 0.25) is 0 Å². The first-order valence-corrected chi connectivity index (χ1v) is 11.2. The Balaban J connectivity index is 1.37. The number of piperazine rings is 1. The molecule has 0 saturated carbocycles. The quantitative estimate of drug-likeness (QED) is 0.628. The van der Waals surface area contributed by atoms with Gasteiger partial charge in [-0.1, -0.05) is 22.0 Å². The molecule has 2 amide bonds. The van der Waals surface area contributed by atoms with Crippen LogP contribution >= 0.6 is 15.9 Å². The van der Waals surface area contributed by atoms with Crippen LogP contribution in [0.15, 0.2) is 52.0 Å². The Hall–Kier alpha value is -2.78. The number of methoxy groups -OCH3 is 1. The number of anilines is 1. The van der Waals surface area contributed by atoms with Gasteiger partial charge in [0, 0.05) is 50.0 Å². The fourth-order valence-electron chi connectivity index (χ4n) is 3.85. The Bertz CT molecular complexity index is 1040. The molecule has 9 heteroatoms. The average molecular weight is 503 g/mol. The summed E-state index contributed by atoms with van der Waals surface area (Å²) >= 11 is 3.38. The smallest absolute Gasteiger partial charge is 0.270 e. The predicted octanol–water partition coefficient (Wildman–Crippen LogP) is 3.42. The van der Waals surface area contributed by atoms with E-state index in [4.69, 9.17) is 4.74 Å². The number of carbonyl (C=O) groups is 2. The summed E-state index contributed by atoms with van der Waals surface area (Å²) in [6, 6.07) is 12.2. The average Bonchev–Trinajstić information content (AvgIpc) is 2.80. The largest absolute Gasteiger partial charge is 0.494 e. The summed E-state index contributed by atoms with van der Waals surface area (Å²) in [5, 5.41) is 5.69. The van der Waals surface area contributed by atoms with Gasteiger partial charge in [-0.2, -0.15) is 5.10 Å². The maximum atomic E-state index is 13.9. The van der Waals surface area contributed by atoms with Crippen molar-refractivity contribution in [3.63, 3.8) is 0 Å². The number of rotatable bonds is 5. The summed E-state index contributed by atoms with van der Waals surface area (Å²) in [6.45, 7) is 3.09. The van der Waals surface area contributed by atoms with Gasteiger partial charge in [0.2, 0.25) is 5.91 Å². The minimum atomic E-state index is -0.376. The lowest BCUT2D eigenvalue weighted by atomic mass is 10.1. The Morgan fingerprint density at radius 2 is 1.81 bits per heavy atom. The zero-order valence-electron chi connectivity index (χ0n) is 17.8. The van der Waals surface area contributed by atoms with Crippen molar-refractivity contribution >= 4 is 39.1 Å². The molecule has 0 aliphatic carbocycles. The molecule has 1 saturated heterocycles. The lowest BCUT2D eigenvalue weighted by Gasteiger charge is -2.35. The molecule has 4 rings (SSSR count). The van der Waals surface area contributed by atoms with Gasteiger partial charge in [0.15, 0.2) is 11.6 Å². The molecule has 0 spiro atoms. The zero-order valence-corrected chi connectivity index (χ0v) is 19.3. The molecule has 2 aliphatic heterocycles. The number of nitrogens with zero attached hydrogens (tertiary/aromatic N) is 4. The number of hydrogen-bond donors (Lipinski definition) is 0. The summed E-state index contributed by atoms with van der Waals surface area (Å²) in [4.78, 5) is 29.3. The molecule has 2 aliphatic rings. The van der Waals surface area contributed by atoms with Crippen LogP contribution in [0, 0.1) is 5.82 Å². The first kappa shape index (κ1) is 22.4. The molecule has 0 atom stereocenters. The molecule has 168 valence electrons. The van der Waals surface area contributed by atoms with Crippen molar-refractivity contribution < 1.29 is 18.7 Å². The van der Waals surface area contributed by atoms with E-state index in [-0.39, 0.29) is 29.8 Å². The first-order chi connectivity index (χ1) is 15.4. The minimum Gasteiger partial charge on any atom is -0.494 e. The van der Waals surface area contributed by atoms with E-state index >= 15 is 0 Å². The van der Waals surface area contributed by atoms with Crippen molar-refractivity contribution in [1.82, 2.24) is 9.80 Å². The first-order valence-electron chi connectivity index (χ1n) is 10.4. The highest BCUT2D eigenvalue weighted by atomic mass is 79.9. The van der Waals surface area contributed by atoms with Crippen molar-refractivity contribution in [1.29, 1.82) is 0 Å². The molecule has 7 nitrogen and oxygen atoms in total. The van der Waals surface area contributed by atoms with Crippen LogP contribution in [0.5, 0.6) is 5.75 Å². The third-order valence-corrected chi connectivity index (χ3v) is 6.16. The number of ether oxygens (including phenoxy) is 1. The second kappa shape index (κ2) is 9.79. The monoisotopic (exact) mass is 502 g/mol. The topological polar surface area (TPSA) is 65.5 Å². The molecular formula is C23H24BrFN4O3. The van der Waals surface area contributed by atoms with Crippen LogP contribution in [-0.4, -0.2) is 60.6 Å². The van der Waals surface area contributed by atoms with Gasteiger partial charge in [0.1, 0.15) is 5.71 Å². The molecule has 0 aromatic heterocycles. The SMILES string of the molecule is COc1ccc(CN2CCN(C(=O)C3=NN(c4ccc(Br)cc4)C(=O)CC3)CC2)cc1F. The number of benzene rings is 2. The summed E-state index contributed by atoms with van der Waals surface area (Å²) in [5.74, 6) is -0.401. The van der Waals surface area contributed by atoms with Gasteiger partial charge < -0.3 is 9.64 Å². The predicted molar refractivity (Wildman–Crippen MR) is 123 cm³/mol. The van der Waals surface area contributed by atoms with Crippen LogP contribution in [0.25, 0.3) is 0 Å². The third kappa shape index (κ3) is 4.99. The van der Waals surface area contributed by atoms with E-state index in [9.17, 15) is 14.0 Å². The molecule has 1 fully saturated rings. The molecule has 0 bridgehead atoms. The maximum Gasteiger partial charge on any atom is 0.270 e. The highest BCUT2D eigenvalue weighted by molar-refractivity contribution is 9.10. The van der Waals surface area contributed by atoms with Gasteiger partial charge in [-0.25, -0.2) is 9.40 Å². The summed E-state index contributed by atoms with van der Waals surface area (Å²) in [7, 11) is 1.44. The van der Waals surface area contributed by atoms with E-state index in [0.29, 0.717) is 50.5 Å². The Morgan fingerprint density at radius 1 is 1.09 bits per heavy atom. The summed E-state index contributed by atoms with van der Waals surface area (Å²) in [6.07, 6.45) is 0.597. The van der Waals surface area contributed by atoms with Gasteiger partial charge in [0.05, 0.1) is 12.8 Å². The van der Waals surface area contributed by atoms with Crippen LogP contribution < -0.4 is 9.75 Å². The maximum absolute atomic E-state index is 13.9. The van der Waals surface area contributed by atoms with Gasteiger partial charge in [-0.15, -0.1) is 0 Å². The van der Waals surface area contributed by atoms with Gasteiger partial charge >= 0.3 is 0 Å². The van der Waals surface area contributed by atoms with E-state index < -0.39 is 0 Å². The fraction of sp³-hybridized carbons (Fsp3) is 0.348. The van der Waals surface area contributed by atoms with Crippen molar-refractivity contribution in [3.05, 3.63) is 58.3 Å². The van der Waals surface area contributed by atoms with E-state index in [2.05, 4.69) is 25.9 Å². The van der Waals surface area contributed by atoms with Crippen LogP contribution in [-0.2, 0) is 16.1 Å². The van der Waals surface area contributed by atoms with E-state index in [0.717, 1.165) is 10.0 Å². The van der Waals surface area contributed by atoms with E-state index in [1.807, 2.05) is 18.2 Å². The summed E-state index contributed by atoms with van der Waals surface area (Å²) < 4.78 is 19.8. The van der Waals surface area contributed by atoms with Crippen LogP contribution in [0.1, 0.15) is 18.4 Å².